The van der Waals surface area contributed by atoms with Crippen molar-refractivity contribution in [3.63, 3.8) is 0 Å². The van der Waals surface area contributed by atoms with Crippen molar-refractivity contribution in [2.24, 2.45) is 0 Å². The molecule has 0 fully saturated rings. The number of hydrogen-bond donors (Lipinski definition) is 2. The highest BCUT2D eigenvalue weighted by atomic mass is 32.1. The van der Waals surface area contributed by atoms with E-state index in [1.807, 2.05) is 58.0 Å². The fourth-order valence-corrected chi connectivity index (χ4v) is 4.23. The molecule has 0 unspecified atom stereocenters. The van der Waals surface area contributed by atoms with Crippen LogP contribution in [-0.2, 0) is 5.54 Å². The van der Waals surface area contributed by atoms with Gasteiger partial charge in [-0.3, -0.25) is 14.7 Å². The Hall–Kier alpha value is -3.86. The Bertz CT molecular complexity index is 1490. The molecule has 10 nitrogen and oxygen atoms in total. The van der Waals surface area contributed by atoms with Crippen LogP contribution < -0.4 is 11.1 Å². The Labute approximate surface area is 187 Å². The van der Waals surface area contributed by atoms with Crippen LogP contribution in [0.4, 0.5) is 10.9 Å². The van der Waals surface area contributed by atoms with Gasteiger partial charge in [-0.25, -0.2) is 14.6 Å². The molecule has 1 amide bonds. The topological polar surface area (TPSA) is 129 Å². The molecule has 0 saturated carbocycles. The molecule has 0 atom stereocenters. The van der Waals surface area contributed by atoms with E-state index in [1.54, 1.807) is 9.25 Å². The van der Waals surface area contributed by atoms with Crippen molar-refractivity contribution >= 4 is 50.1 Å². The molecule has 3 N–H and O–H groups in total. The minimum atomic E-state index is -0.368. The SMILES string of the molecule is Cc1nnc(NC(=O)c2cc3ccccc3n2-c2nn(C(C)(C)C)c3ncnc(N)c23)s1. The van der Waals surface area contributed by atoms with Gasteiger partial charge in [-0.1, -0.05) is 29.5 Å². The lowest BCUT2D eigenvalue weighted by Gasteiger charge is -2.19. The van der Waals surface area contributed by atoms with Crippen LogP contribution in [0.5, 0.6) is 0 Å². The van der Waals surface area contributed by atoms with Gasteiger partial charge in [-0.05, 0) is 39.8 Å². The van der Waals surface area contributed by atoms with E-state index in [0.29, 0.717) is 33.5 Å². The molecule has 11 heteroatoms. The summed E-state index contributed by atoms with van der Waals surface area (Å²) < 4.78 is 3.60. The van der Waals surface area contributed by atoms with Gasteiger partial charge in [-0.15, -0.1) is 10.2 Å². The molecule has 5 aromatic rings. The number of nitrogens with two attached hydrogens (primary N) is 1. The second-order valence-electron chi connectivity index (χ2n) is 8.37. The lowest BCUT2D eigenvalue weighted by molar-refractivity contribution is 0.102. The third kappa shape index (κ3) is 3.17. The number of para-hydroxylation sites is 1. The normalized spacial score (nSPS) is 12.0. The third-order valence-electron chi connectivity index (χ3n) is 5.01. The Balaban J connectivity index is 1.79. The van der Waals surface area contributed by atoms with E-state index in [-0.39, 0.29) is 11.4 Å². The lowest BCUT2D eigenvalue weighted by Crippen LogP contribution is -2.24. The van der Waals surface area contributed by atoms with Crippen molar-refractivity contribution in [2.45, 2.75) is 33.2 Å². The Morgan fingerprint density at radius 3 is 2.66 bits per heavy atom. The van der Waals surface area contributed by atoms with Crippen LogP contribution in [-0.4, -0.2) is 40.4 Å². The number of hydrogen-bond acceptors (Lipinski definition) is 8. The summed E-state index contributed by atoms with van der Waals surface area (Å²) in [7, 11) is 0. The molecule has 0 spiro atoms. The van der Waals surface area contributed by atoms with E-state index in [2.05, 4.69) is 25.5 Å². The second-order valence-corrected chi connectivity index (χ2v) is 9.55. The molecule has 0 aliphatic heterocycles. The number of rotatable bonds is 3. The predicted molar refractivity (Wildman–Crippen MR) is 124 cm³/mol. The van der Waals surface area contributed by atoms with Gasteiger partial charge in [0.05, 0.1) is 11.1 Å². The molecule has 0 aliphatic rings. The maximum absolute atomic E-state index is 13.3. The van der Waals surface area contributed by atoms with Crippen molar-refractivity contribution in [1.29, 1.82) is 0 Å². The fourth-order valence-electron chi connectivity index (χ4n) is 3.64. The molecule has 162 valence electrons. The number of nitrogen functional groups attached to an aromatic ring is 1. The molecule has 0 radical (unpaired) electrons. The van der Waals surface area contributed by atoms with Crippen molar-refractivity contribution in [2.75, 3.05) is 11.1 Å². The molecule has 4 heterocycles. The Morgan fingerprint density at radius 1 is 1.16 bits per heavy atom. The maximum atomic E-state index is 13.3. The molecule has 0 aliphatic carbocycles. The van der Waals surface area contributed by atoms with E-state index in [9.17, 15) is 4.79 Å². The largest absolute Gasteiger partial charge is 0.383 e. The molecule has 32 heavy (non-hydrogen) atoms. The van der Waals surface area contributed by atoms with Crippen LogP contribution in [0.3, 0.4) is 0 Å². The highest BCUT2D eigenvalue weighted by Gasteiger charge is 2.27. The number of aromatic nitrogens is 7. The zero-order chi connectivity index (χ0) is 22.6. The van der Waals surface area contributed by atoms with Gasteiger partial charge in [0.2, 0.25) is 5.13 Å². The maximum Gasteiger partial charge on any atom is 0.274 e. The molecule has 0 saturated heterocycles. The molecule has 4 aromatic heterocycles. The van der Waals surface area contributed by atoms with Crippen LogP contribution >= 0.6 is 11.3 Å². The number of aryl methyl sites for hydroxylation is 1. The van der Waals surface area contributed by atoms with E-state index >= 15 is 0 Å². The van der Waals surface area contributed by atoms with Gasteiger partial charge >= 0.3 is 0 Å². The number of carbonyl (C=O) groups excluding carboxylic acids is 1. The van der Waals surface area contributed by atoms with Crippen molar-refractivity contribution in [1.82, 2.24) is 34.5 Å². The second kappa shape index (κ2) is 7.09. The number of carbonyl (C=O) groups is 1. The van der Waals surface area contributed by atoms with Crippen LogP contribution in [0.1, 0.15) is 36.3 Å². The number of anilines is 2. The first-order valence-electron chi connectivity index (χ1n) is 9.96. The lowest BCUT2D eigenvalue weighted by atomic mass is 10.1. The average Bonchev–Trinajstić information content (AvgIpc) is 3.42. The van der Waals surface area contributed by atoms with Crippen LogP contribution in [0.15, 0.2) is 36.7 Å². The predicted octanol–water partition coefficient (Wildman–Crippen LogP) is 3.52. The first-order valence-corrected chi connectivity index (χ1v) is 10.8. The summed E-state index contributed by atoms with van der Waals surface area (Å²) in [6.45, 7) is 7.92. The Morgan fingerprint density at radius 2 is 1.94 bits per heavy atom. The molecular formula is C21H21N9OS. The molecule has 5 rings (SSSR count). The minimum Gasteiger partial charge on any atom is -0.383 e. The summed E-state index contributed by atoms with van der Waals surface area (Å²) in [5.74, 6) is 0.462. The average molecular weight is 448 g/mol. The van der Waals surface area contributed by atoms with E-state index in [1.165, 1.54) is 17.7 Å². The van der Waals surface area contributed by atoms with Crippen LogP contribution in [0, 0.1) is 6.92 Å². The molecule has 1 aromatic carbocycles. The first-order chi connectivity index (χ1) is 15.2. The zero-order valence-corrected chi connectivity index (χ0v) is 18.8. The van der Waals surface area contributed by atoms with E-state index in [0.717, 1.165) is 15.9 Å². The summed E-state index contributed by atoms with van der Waals surface area (Å²) in [4.78, 5) is 21.9. The number of fused-ring (bicyclic) bond motifs is 2. The smallest absolute Gasteiger partial charge is 0.274 e. The van der Waals surface area contributed by atoms with Crippen molar-refractivity contribution < 1.29 is 4.79 Å². The minimum absolute atomic E-state index is 0.296. The monoisotopic (exact) mass is 447 g/mol. The number of nitrogens with one attached hydrogen (secondary N) is 1. The van der Waals surface area contributed by atoms with Gasteiger partial charge < -0.3 is 5.73 Å². The first kappa shape index (κ1) is 20.1. The van der Waals surface area contributed by atoms with Crippen LogP contribution in [0.25, 0.3) is 27.8 Å². The standard InChI is InChI=1S/C21H21N9OS/c1-11-26-27-20(32-11)25-19(31)14-9-12-7-5-6-8-13(12)29(14)18-15-16(22)23-10-24-17(15)30(28-18)21(2,3)4/h5-10H,1-4H3,(H2,22,23,24)(H,25,27,31). The summed E-state index contributed by atoms with van der Waals surface area (Å²) in [5.41, 5.74) is 7.72. The van der Waals surface area contributed by atoms with Gasteiger partial charge in [0.25, 0.3) is 5.91 Å². The van der Waals surface area contributed by atoms with Crippen LogP contribution in [0.2, 0.25) is 0 Å². The van der Waals surface area contributed by atoms with Gasteiger partial charge in [0, 0.05) is 5.39 Å². The quantitative estimate of drug-likeness (QED) is 0.433. The van der Waals surface area contributed by atoms with E-state index in [4.69, 9.17) is 10.8 Å². The number of amides is 1. The van der Waals surface area contributed by atoms with Gasteiger partial charge in [0.15, 0.2) is 11.5 Å². The van der Waals surface area contributed by atoms with Gasteiger partial charge in [-0.2, -0.15) is 5.10 Å². The summed E-state index contributed by atoms with van der Waals surface area (Å²) in [6.07, 6.45) is 1.42. The van der Waals surface area contributed by atoms with E-state index < -0.39 is 0 Å². The summed E-state index contributed by atoms with van der Waals surface area (Å²) in [6, 6.07) is 9.54. The fraction of sp³-hybridized carbons (Fsp3) is 0.238. The number of benzene rings is 1. The molecular weight excluding hydrogens is 426 g/mol. The highest BCUT2D eigenvalue weighted by molar-refractivity contribution is 7.15. The molecule has 0 bridgehead atoms. The van der Waals surface area contributed by atoms with Gasteiger partial charge in [0.1, 0.15) is 28.2 Å². The highest BCUT2D eigenvalue weighted by Crippen LogP contribution is 2.33. The van der Waals surface area contributed by atoms with Crippen molar-refractivity contribution in [3.05, 3.63) is 47.4 Å². The zero-order valence-electron chi connectivity index (χ0n) is 18.0. The van der Waals surface area contributed by atoms with Crippen molar-refractivity contribution in [3.8, 4) is 5.82 Å². The summed E-state index contributed by atoms with van der Waals surface area (Å²) >= 11 is 1.31. The third-order valence-corrected chi connectivity index (χ3v) is 5.77. The summed E-state index contributed by atoms with van der Waals surface area (Å²) in [5, 5.41) is 18.3. The number of nitrogens with zero attached hydrogens (tertiary/aromatic N) is 7. The Kier molecular flexibility index (Phi) is 4.45.